The molecule has 0 aliphatic heterocycles. The number of carbonyl (C=O) groups excluding carboxylic acids is 2. The molecule has 5 nitrogen and oxygen atoms in total. The van der Waals surface area contributed by atoms with Crippen molar-refractivity contribution in [2.75, 3.05) is 25.1 Å². The van der Waals surface area contributed by atoms with Gasteiger partial charge in [-0.3, -0.25) is 14.6 Å². The second-order valence-electron chi connectivity index (χ2n) is 5.78. The van der Waals surface area contributed by atoms with Crippen molar-refractivity contribution in [3.63, 3.8) is 0 Å². The summed E-state index contributed by atoms with van der Waals surface area (Å²) in [5.41, 5.74) is -6.21. The molecule has 0 saturated carbocycles. The molecule has 0 heterocycles. The van der Waals surface area contributed by atoms with Gasteiger partial charge in [0.25, 0.3) is 5.91 Å². The van der Waals surface area contributed by atoms with E-state index in [9.17, 15) is 41.0 Å². The standard InChI is InChI=1S/C18H14F6N2O3S/c1-25(16(28)15-11(19)3-2-4-12(15)20)17(29)26(7-8-27)14-6-5-10(9-13(14)21)30-18(22,23)24/h2-6,9,27H,7-8H2,1H3. The fourth-order valence-electron chi connectivity index (χ4n) is 2.46. The summed E-state index contributed by atoms with van der Waals surface area (Å²) in [6.07, 6.45) is 0. The number of hydrogen-bond acceptors (Lipinski definition) is 4. The minimum Gasteiger partial charge on any atom is -0.395 e. The number of thioether (sulfide) groups is 1. The van der Waals surface area contributed by atoms with E-state index >= 15 is 0 Å². The number of urea groups is 1. The SMILES string of the molecule is CN(C(=O)c1c(F)cccc1F)C(=O)N(CCO)c1ccc(SC(F)(F)F)cc1F. The van der Waals surface area contributed by atoms with Crippen molar-refractivity contribution < 1.29 is 41.0 Å². The summed E-state index contributed by atoms with van der Waals surface area (Å²) >= 11 is -0.572. The van der Waals surface area contributed by atoms with Gasteiger partial charge in [0, 0.05) is 11.9 Å². The van der Waals surface area contributed by atoms with Gasteiger partial charge in [0.15, 0.2) is 0 Å². The molecular formula is C18H14F6N2O3S. The third-order valence-corrected chi connectivity index (χ3v) is 4.49. The van der Waals surface area contributed by atoms with Crippen LogP contribution >= 0.6 is 11.8 Å². The zero-order chi connectivity index (χ0) is 22.6. The predicted octanol–water partition coefficient (Wildman–Crippen LogP) is 4.41. The van der Waals surface area contributed by atoms with Gasteiger partial charge in [0.05, 0.1) is 18.8 Å². The summed E-state index contributed by atoms with van der Waals surface area (Å²) < 4.78 is 79.4. The molecular weight excluding hydrogens is 438 g/mol. The molecule has 0 atom stereocenters. The number of amides is 3. The van der Waals surface area contributed by atoms with Crippen LogP contribution in [0.1, 0.15) is 10.4 Å². The Kier molecular flexibility index (Phi) is 7.37. The summed E-state index contributed by atoms with van der Waals surface area (Å²) in [4.78, 5) is 25.4. The highest BCUT2D eigenvalue weighted by atomic mass is 32.2. The number of nitrogens with zero attached hydrogens (tertiary/aromatic N) is 2. The van der Waals surface area contributed by atoms with E-state index in [2.05, 4.69) is 0 Å². The van der Waals surface area contributed by atoms with Crippen molar-refractivity contribution in [3.8, 4) is 0 Å². The maximum absolute atomic E-state index is 14.4. The summed E-state index contributed by atoms with van der Waals surface area (Å²) in [5, 5.41) is 9.18. The smallest absolute Gasteiger partial charge is 0.395 e. The number of halogens is 6. The van der Waals surface area contributed by atoms with E-state index in [4.69, 9.17) is 0 Å². The lowest BCUT2D eigenvalue weighted by Crippen LogP contribution is -2.46. The van der Waals surface area contributed by atoms with E-state index in [1.807, 2.05) is 0 Å². The van der Waals surface area contributed by atoms with Crippen LogP contribution in [0.15, 0.2) is 41.3 Å². The first-order valence-corrected chi connectivity index (χ1v) is 8.97. The molecule has 0 unspecified atom stereocenters. The van der Waals surface area contributed by atoms with Crippen LogP contribution in [-0.2, 0) is 0 Å². The number of hydrogen-bond donors (Lipinski definition) is 1. The maximum Gasteiger partial charge on any atom is 0.446 e. The number of aliphatic hydroxyl groups excluding tert-OH is 1. The fourth-order valence-corrected chi connectivity index (χ4v) is 3.03. The molecule has 2 aromatic rings. The zero-order valence-electron chi connectivity index (χ0n) is 15.2. The number of anilines is 1. The molecule has 0 fully saturated rings. The van der Waals surface area contributed by atoms with E-state index in [1.54, 1.807) is 0 Å². The number of rotatable bonds is 5. The molecule has 0 radical (unpaired) electrons. The van der Waals surface area contributed by atoms with E-state index < -0.39 is 76.0 Å². The largest absolute Gasteiger partial charge is 0.446 e. The first-order chi connectivity index (χ1) is 14.0. The van der Waals surface area contributed by atoms with Crippen LogP contribution in [0.3, 0.4) is 0 Å². The van der Waals surface area contributed by atoms with Crippen LogP contribution in [0.5, 0.6) is 0 Å². The minimum absolute atomic E-state index is 0.301. The fraction of sp³-hybridized carbons (Fsp3) is 0.222. The van der Waals surface area contributed by atoms with Gasteiger partial charge in [-0.1, -0.05) is 6.07 Å². The van der Waals surface area contributed by atoms with Crippen molar-refractivity contribution in [2.24, 2.45) is 0 Å². The highest BCUT2D eigenvalue weighted by molar-refractivity contribution is 8.00. The Labute approximate surface area is 170 Å². The lowest BCUT2D eigenvalue weighted by molar-refractivity contribution is -0.0328. The Morgan fingerprint density at radius 1 is 1.03 bits per heavy atom. The van der Waals surface area contributed by atoms with Crippen molar-refractivity contribution in [1.29, 1.82) is 0 Å². The minimum atomic E-state index is -4.66. The number of aliphatic hydroxyl groups is 1. The molecule has 2 aromatic carbocycles. The van der Waals surface area contributed by atoms with E-state index in [0.717, 1.165) is 37.4 Å². The number of alkyl halides is 3. The molecule has 0 saturated heterocycles. The van der Waals surface area contributed by atoms with Crippen LogP contribution in [-0.4, -0.2) is 47.7 Å². The van der Waals surface area contributed by atoms with E-state index in [-0.39, 0.29) is 0 Å². The first kappa shape index (κ1) is 23.5. The molecule has 0 aliphatic rings. The normalized spacial score (nSPS) is 11.3. The zero-order valence-corrected chi connectivity index (χ0v) is 16.0. The average molecular weight is 452 g/mol. The number of carbonyl (C=O) groups is 2. The van der Waals surface area contributed by atoms with E-state index in [1.165, 1.54) is 0 Å². The van der Waals surface area contributed by atoms with Gasteiger partial charge >= 0.3 is 11.5 Å². The van der Waals surface area contributed by atoms with Crippen molar-refractivity contribution in [2.45, 2.75) is 10.4 Å². The molecule has 0 aliphatic carbocycles. The molecule has 0 spiro atoms. The Morgan fingerprint density at radius 3 is 2.13 bits per heavy atom. The lowest BCUT2D eigenvalue weighted by Gasteiger charge is -2.27. The monoisotopic (exact) mass is 452 g/mol. The Bertz CT molecular complexity index is 934. The van der Waals surface area contributed by atoms with Gasteiger partial charge in [-0.05, 0) is 42.1 Å². The molecule has 30 heavy (non-hydrogen) atoms. The number of benzene rings is 2. The van der Waals surface area contributed by atoms with Crippen molar-refractivity contribution >= 4 is 29.4 Å². The van der Waals surface area contributed by atoms with Crippen LogP contribution < -0.4 is 4.90 Å². The topological polar surface area (TPSA) is 60.9 Å². The average Bonchev–Trinajstić information content (AvgIpc) is 2.64. The first-order valence-electron chi connectivity index (χ1n) is 8.16. The molecule has 0 aromatic heterocycles. The van der Waals surface area contributed by atoms with Crippen molar-refractivity contribution in [1.82, 2.24) is 4.90 Å². The van der Waals surface area contributed by atoms with Gasteiger partial charge in [-0.15, -0.1) is 0 Å². The van der Waals surface area contributed by atoms with Gasteiger partial charge in [-0.2, -0.15) is 13.2 Å². The third kappa shape index (κ3) is 5.45. The van der Waals surface area contributed by atoms with Crippen LogP contribution in [0, 0.1) is 17.5 Å². The molecule has 12 heteroatoms. The second kappa shape index (κ2) is 9.39. The Morgan fingerprint density at radius 2 is 1.63 bits per heavy atom. The predicted molar refractivity (Wildman–Crippen MR) is 96.6 cm³/mol. The Hall–Kier alpha value is -2.73. The summed E-state index contributed by atoms with van der Waals surface area (Å²) in [6.45, 7) is -1.24. The van der Waals surface area contributed by atoms with Gasteiger partial charge in [0.2, 0.25) is 0 Å². The van der Waals surface area contributed by atoms with E-state index in [0.29, 0.717) is 15.9 Å². The van der Waals surface area contributed by atoms with Crippen LogP contribution in [0.25, 0.3) is 0 Å². The highest BCUT2D eigenvalue weighted by Gasteiger charge is 2.32. The van der Waals surface area contributed by atoms with Crippen LogP contribution in [0.2, 0.25) is 0 Å². The molecule has 2 rings (SSSR count). The van der Waals surface area contributed by atoms with Crippen LogP contribution in [0.4, 0.5) is 36.8 Å². The second-order valence-corrected chi connectivity index (χ2v) is 6.92. The molecule has 162 valence electrons. The highest BCUT2D eigenvalue weighted by Crippen LogP contribution is 2.38. The summed E-state index contributed by atoms with van der Waals surface area (Å²) in [6, 6.07) is 3.65. The quantitative estimate of drug-likeness (QED) is 0.540. The molecule has 1 N–H and O–H groups in total. The Balaban J connectivity index is 2.35. The molecule has 3 amide bonds. The van der Waals surface area contributed by atoms with Gasteiger partial charge in [-0.25, -0.2) is 18.0 Å². The maximum atomic E-state index is 14.4. The lowest BCUT2D eigenvalue weighted by atomic mass is 10.1. The number of imide groups is 1. The summed E-state index contributed by atoms with van der Waals surface area (Å²) in [7, 11) is 0.882. The van der Waals surface area contributed by atoms with Gasteiger partial charge in [0.1, 0.15) is 23.0 Å². The third-order valence-electron chi connectivity index (χ3n) is 3.77. The van der Waals surface area contributed by atoms with Crippen molar-refractivity contribution in [3.05, 3.63) is 59.4 Å². The van der Waals surface area contributed by atoms with Gasteiger partial charge < -0.3 is 5.11 Å². The summed E-state index contributed by atoms with van der Waals surface area (Å²) in [5.74, 6) is -5.06. The molecule has 0 bridgehead atoms.